The highest BCUT2D eigenvalue weighted by Crippen LogP contribution is 2.26. The van der Waals surface area contributed by atoms with Gasteiger partial charge in [-0.15, -0.1) is 0 Å². The standard InChI is InChI=1S/C18H15N5.ClH/c19-11-17-21-16-5-4-15(22-18(16)23-17)14-3-1-2-13(10-14)12-6-8-20-9-7-12;/h1-10H,11,19H2,(H,21,22,23);1H. The molecule has 4 rings (SSSR count). The fourth-order valence-corrected chi connectivity index (χ4v) is 2.62. The highest BCUT2D eigenvalue weighted by atomic mass is 35.5. The Bertz CT molecular complexity index is 965. The van der Waals surface area contributed by atoms with E-state index in [4.69, 9.17) is 0 Å². The highest BCUT2D eigenvalue weighted by Gasteiger charge is 2.07. The van der Waals surface area contributed by atoms with Crippen molar-refractivity contribution in [1.29, 1.82) is 0 Å². The second-order valence-electron chi connectivity index (χ2n) is 5.32. The van der Waals surface area contributed by atoms with Crippen LogP contribution in [0.2, 0.25) is 0 Å². The molecule has 6 heteroatoms. The van der Waals surface area contributed by atoms with Gasteiger partial charge in [0.15, 0.2) is 11.5 Å². The zero-order valence-electron chi connectivity index (χ0n) is 12.9. The van der Waals surface area contributed by atoms with Crippen molar-refractivity contribution in [3.05, 3.63) is 66.7 Å². The molecule has 5 nitrogen and oxygen atoms in total. The molecule has 120 valence electrons. The number of hydrogen-bond donors (Lipinski definition) is 2. The molecule has 0 radical (unpaired) electrons. The van der Waals surface area contributed by atoms with Crippen LogP contribution in [0.25, 0.3) is 33.5 Å². The fraction of sp³-hybridized carbons (Fsp3) is 0.0556. The Kier molecular flexibility index (Phi) is 4.55. The van der Waals surface area contributed by atoms with Gasteiger partial charge < -0.3 is 23.1 Å². The molecule has 0 amide bonds. The quantitative estimate of drug-likeness (QED) is 0.525. The third-order valence-electron chi connectivity index (χ3n) is 3.80. The summed E-state index contributed by atoms with van der Waals surface area (Å²) in [6.07, 6.45) is 3.60. The Morgan fingerprint density at radius 1 is 0.875 bits per heavy atom. The van der Waals surface area contributed by atoms with E-state index >= 15 is 0 Å². The summed E-state index contributed by atoms with van der Waals surface area (Å²) in [4.78, 5) is 16.4. The van der Waals surface area contributed by atoms with E-state index in [1.807, 2.05) is 30.3 Å². The van der Waals surface area contributed by atoms with E-state index in [1.54, 1.807) is 12.4 Å². The van der Waals surface area contributed by atoms with Crippen LogP contribution in [0.4, 0.5) is 0 Å². The lowest BCUT2D eigenvalue weighted by Gasteiger charge is -2.05. The van der Waals surface area contributed by atoms with Crippen LogP contribution in [-0.4, -0.2) is 19.9 Å². The molecule has 0 fully saturated rings. The monoisotopic (exact) mass is 337 g/mol. The van der Waals surface area contributed by atoms with Gasteiger partial charge in [-0.05, 0) is 41.5 Å². The maximum atomic E-state index is 4.67. The first kappa shape index (κ1) is 16.1. The highest BCUT2D eigenvalue weighted by molar-refractivity contribution is 5.77. The number of fused-ring (bicyclic) bond motifs is 1. The van der Waals surface area contributed by atoms with Gasteiger partial charge in [-0.2, -0.15) is 0 Å². The van der Waals surface area contributed by atoms with E-state index in [0.29, 0.717) is 6.54 Å². The van der Waals surface area contributed by atoms with E-state index in [-0.39, 0.29) is 12.4 Å². The number of H-pyrrole nitrogens is 1. The van der Waals surface area contributed by atoms with E-state index in [9.17, 15) is 0 Å². The van der Waals surface area contributed by atoms with Gasteiger partial charge in [-0.25, -0.2) is 9.97 Å². The summed E-state index contributed by atoms with van der Waals surface area (Å²) in [6.45, 7) is 0.628. The molecular weight excluding hydrogens is 322 g/mol. The van der Waals surface area contributed by atoms with Crippen molar-refractivity contribution in [2.45, 2.75) is 6.54 Å². The Morgan fingerprint density at radius 2 is 1.67 bits per heavy atom. The van der Waals surface area contributed by atoms with Gasteiger partial charge >= 0.3 is 0 Å². The van der Waals surface area contributed by atoms with Crippen molar-refractivity contribution in [3.63, 3.8) is 0 Å². The van der Waals surface area contributed by atoms with Gasteiger partial charge in [0.2, 0.25) is 0 Å². The number of pyridine rings is 2. The molecule has 4 N–H and O–H groups in total. The number of nitrogens with one attached hydrogen (secondary N) is 1. The topological polar surface area (TPSA) is 82.1 Å². The molecule has 0 bridgehead atoms. The van der Waals surface area contributed by atoms with Gasteiger partial charge in [0.25, 0.3) is 0 Å². The number of imidazole rings is 1. The smallest absolute Gasteiger partial charge is 0.178 e. The van der Waals surface area contributed by atoms with Crippen LogP contribution in [0.15, 0.2) is 60.9 Å². The number of quaternary nitrogens is 1. The Balaban J connectivity index is 0.00000169. The van der Waals surface area contributed by atoms with E-state index in [0.717, 1.165) is 39.4 Å². The Labute approximate surface area is 145 Å². The molecule has 0 atom stereocenters. The maximum absolute atomic E-state index is 4.67. The van der Waals surface area contributed by atoms with E-state index < -0.39 is 0 Å². The predicted molar refractivity (Wildman–Crippen MR) is 89.1 cm³/mol. The molecule has 1 aromatic carbocycles. The van der Waals surface area contributed by atoms with Crippen LogP contribution in [0.1, 0.15) is 5.82 Å². The number of hydrogen-bond acceptors (Lipinski definition) is 3. The fourth-order valence-electron chi connectivity index (χ4n) is 2.62. The lowest BCUT2D eigenvalue weighted by atomic mass is 10.0. The second kappa shape index (κ2) is 6.78. The number of aromatic nitrogens is 4. The van der Waals surface area contributed by atoms with Gasteiger partial charge in [0, 0.05) is 18.0 Å². The first-order valence-electron chi connectivity index (χ1n) is 7.49. The molecule has 0 unspecified atom stereocenters. The number of aromatic amines is 1. The molecule has 0 aliphatic heterocycles. The first-order valence-corrected chi connectivity index (χ1v) is 7.49. The van der Waals surface area contributed by atoms with E-state index in [2.05, 4.69) is 43.9 Å². The predicted octanol–water partition coefficient (Wildman–Crippen LogP) is -0.567. The minimum atomic E-state index is 0. The summed E-state index contributed by atoms with van der Waals surface area (Å²) < 4.78 is 0. The summed E-state index contributed by atoms with van der Waals surface area (Å²) in [5.41, 5.74) is 9.79. The van der Waals surface area contributed by atoms with Crippen LogP contribution in [0.5, 0.6) is 0 Å². The normalized spacial score (nSPS) is 10.5. The Hall–Kier alpha value is -2.76. The largest absolute Gasteiger partial charge is 1.00 e. The van der Waals surface area contributed by atoms with Crippen molar-refractivity contribution in [1.82, 2.24) is 19.9 Å². The first-order chi connectivity index (χ1) is 11.3. The molecule has 24 heavy (non-hydrogen) atoms. The molecule has 0 aliphatic rings. The average molecular weight is 338 g/mol. The van der Waals surface area contributed by atoms with Crippen molar-refractivity contribution in [2.75, 3.05) is 0 Å². The van der Waals surface area contributed by atoms with Crippen LogP contribution in [-0.2, 0) is 6.54 Å². The summed E-state index contributed by atoms with van der Waals surface area (Å²) in [6, 6.07) is 16.4. The van der Waals surface area contributed by atoms with Crippen LogP contribution in [0.3, 0.4) is 0 Å². The minimum absolute atomic E-state index is 0. The molecule has 3 aromatic heterocycles. The molecule has 0 aliphatic carbocycles. The summed E-state index contributed by atoms with van der Waals surface area (Å²) >= 11 is 0. The van der Waals surface area contributed by atoms with Gasteiger partial charge in [-0.3, -0.25) is 4.98 Å². The van der Waals surface area contributed by atoms with Gasteiger partial charge in [0.05, 0.1) is 11.2 Å². The summed E-state index contributed by atoms with van der Waals surface area (Å²) in [7, 11) is 0. The molecule has 4 aromatic rings. The Morgan fingerprint density at radius 3 is 2.46 bits per heavy atom. The third kappa shape index (κ3) is 2.99. The molecule has 0 saturated carbocycles. The number of benzene rings is 1. The average Bonchev–Trinajstić information content (AvgIpc) is 3.05. The van der Waals surface area contributed by atoms with Crippen molar-refractivity contribution >= 4 is 11.2 Å². The SMILES string of the molecule is [Cl-].[NH3+]Cc1nc2nc(-c3cccc(-c4ccncc4)c3)ccc2[nH]1. The van der Waals surface area contributed by atoms with Crippen molar-refractivity contribution < 1.29 is 18.1 Å². The van der Waals surface area contributed by atoms with Gasteiger partial charge in [0.1, 0.15) is 6.54 Å². The lowest BCUT2D eigenvalue weighted by Crippen LogP contribution is -3.00. The molecular formula is C18H16ClN5. The van der Waals surface area contributed by atoms with Crippen LogP contribution >= 0.6 is 0 Å². The second-order valence-corrected chi connectivity index (χ2v) is 5.32. The van der Waals surface area contributed by atoms with Crippen molar-refractivity contribution in [3.8, 4) is 22.4 Å². The molecule has 0 saturated heterocycles. The third-order valence-corrected chi connectivity index (χ3v) is 3.80. The zero-order chi connectivity index (χ0) is 15.6. The summed E-state index contributed by atoms with van der Waals surface area (Å²) in [5.74, 6) is 0.857. The van der Waals surface area contributed by atoms with Crippen LogP contribution < -0.4 is 18.1 Å². The summed E-state index contributed by atoms with van der Waals surface area (Å²) in [5, 5.41) is 0. The maximum Gasteiger partial charge on any atom is 0.178 e. The van der Waals surface area contributed by atoms with E-state index in [1.165, 1.54) is 0 Å². The number of halogens is 1. The zero-order valence-corrected chi connectivity index (χ0v) is 13.7. The lowest BCUT2D eigenvalue weighted by molar-refractivity contribution is -0.388. The molecule has 0 spiro atoms. The minimum Gasteiger partial charge on any atom is -1.00 e. The number of rotatable bonds is 3. The van der Waals surface area contributed by atoms with Gasteiger partial charge in [-0.1, -0.05) is 18.2 Å². The van der Waals surface area contributed by atoms with Crippen LogP contribution in [0, 0.1) is 0 Å². The van der Waals surface area contributed by atoms with Crippen molar-refractivity contribution in [2.24, 2.45) is 0 Å². The number of nitrogens with zero attached hydrogens (tertiary/aromatic N) is 3. The molecule has 3 heterocycles.